The molecule has 0 saturated heterocycles. The van der Waals surface area contributed by atoms with Crippen LogP contribution in [0.2, 0.25) is 0 Å². The second-order valence-electron chi connectivity index (χ2n) is 10.6. The van der Waals surface area contributed by atoms with E-state index in [4.69, 9.17) is 4.74 Å². The summed E-state index contributed by atoms with van der Waals surface area (Å²) in [5.41, 5.74) is 4.65. The van der Waals surface area contributed by atoms with E-state index < -0.39 is 0 Å². The second-order valence-corrected chi connectivity index (χ2v) is 13.3. The molecular weight excluding hydrogens is 443 g/mol. The molecule has 0 N–H and O–H groups in total. The van der Waals surface area contributed by atoms with Crippen LogP contribution >= 0.6 is 7.92 Å². The first-order chi connectivity index (χ1) is 17.3. The van der Waals surface area contributed by atoms with Crippen molar-refractivity contribution in [2.45, 2.75) is 75.5 Å². The number of ether oxygens (including phenoxy) is 1. The summed E-state index contributed by atoms with van der Waals surface area (Å²) in [7, 11) is 1.57. The molecule has 2 aliphatic rings. The van der Waals surface area contributed by atoms with Gasteiger partial charge in [-0.15, -0.1) is 0 Å². The van der Waals surface area contributed by atoms with Gasteiger partial charge in [-0.25, -0.2) is 0 Å². The molecule has 0 spiro atoms. The Labute approximate surface area is 211 Å². The van der Waals surface area contributed by atoms with E-state index in [1.807, 2.05) is 0 Å². The molecule has 180 valence electrons. The quantitative estimate of drug-likeness (QED) is 0.258. The fourth-order valence-corrected chi connectivity index (χ4v) is 10.7. The van der Waals surface area contributed by atoms with Crippen molar-refractivity contribution in [3.8, 4) is 16.9 Å². The van der Waals surface area contributed by atoms with Gasteiger partial charge in [0.1, 0.15) is 5.75 Å². The Morgan fingerprint density at radius 2 is 1.26 bits per heavy atom. The fraction of sp³-hybridized carbons (Fsp3) is 0.394. The molecule has 0 unspecified atom stereocenters. The van der Waals surface area contributed by atoms with Gasteiger partial charge in [0.15, 0.2) is 0 Å². The Morgan fingerprint density at radius 1 is 0.629 bits per heavy atom. The Kier molecular flexibility index (Phi) is 6.80. The van der Waals surface area contributed by atoms with Crippen LogP contribution in [0.1, 0.15) is 64.2 Å². The van der Waals surface area contributed by atoms with Crippen molar-refractivity contribution in [3.63, 3.8) is 0 Å². The van der Waals surface area contributed by atoms with Gasteiger partial charge in [-0.2, -0.15) is 0 Å². The monoisotopic (exact) mass is 480 g/mol. The molecule has 0 bridgehead atoms. The van der Waals surface area contributed by atoms with Crippen LogP contribution in [0.5, 0.6) is 5.75 Å². The number of hydrogen-bond acceptors (Lipinski definition) is 1. The third-order valence-electron chi connectivity index (χ3n) is 8.48. The lowest BCUT2D eigenvalue weighted by Gasteiger charge is -2.40. The zero-order valence-corrected chi connectivity index (χ0v) is 21.9. The van der Waals surface area contributed by atoms with Gasteiger partial charge < -0.3 is 4.74 Å². The smallest absolute Gasteiger partial charge is 0.119 e. The molecule has 0 radical (unpaired) electrons. The molecule has 2 aliphatic carbocycles. The first-order valence-corrected chi connectivity index (χ1v) is 15.2. The Hall–Kier alpha value is -2.37. The van der Waals surface area contributed by atoms with E-state index in [9.17, 15) is 0 Å². The summed E-state index contributed by atoms with van der Waals surface area (Å²) in [6.07, 6.45) is 14.3. The summed E-state index contributed by atoms with van der Waals surface area (Å²) in [5, 5.41) is 7.05. The molecule has 2 saturated carbocycles. The van der Waals surface area contributed by atoms with Gasteiger partial charge in [0, 0.05) is 0 Å². The lowest BCUT2D eigenvalue weighted by Crippen LogP contribution is -2.27. The van der Waals surface area contributed by atoms with Crippen LogP contribution in [0.15, 0.2) is 72.8 Å². The van der Waals surface area contributed by atoms with Crippen LogP contribution in [-0.2, 0) is 0 Å². The first kappa shape index (κ1) is 23.1. The molecule has 2 fully saturated rings. The van der Waals surface area contributed by atoms with E-state index in [0.717, 1.165) is 17.1 Å². The van der Waals surface area contributed by atoms with E-state index in [1.54, 1.807) is 12.4 Å². The predicted molar refractivity (Wildman–Crippen MR) is 154 cm³/mol. The second kappa shape index (κ2) is 10.3. The third kappa shape index (κ3) is 4.49. The van der Waals surface area contributed by atoms with Crippen molar-refractivity contribution in [2.24, 2.45) is 0 Å². The minimum absolute atomic E-state index is 0.208. The van der Waals surface area contributed by atoms with E-state index in [2.05, 4.69) is 72.8 Å². The number of methoxy groups -OCH3 is 1. The molecule has 0 heterocycles. The van der Waals surface area contributed by atoms with Gasteiger partial charge in [-0.3, -0.25) is 0 Å². The SMILES string of the molecule is COc1ccc2cccc(-c3c(P(C4CCCCC4)C4CCCCC4)ccc4ccccc34)c2c1. The van der Waals surface area contributed by atoms with Crippen molar-refractivity contribution in [2.75, 3.05) is 7.11 Å². The zero-order valence-electron chi connectivity index (χ0n) is 21.0. The number of rotatable bonds is 5. The van der Waals surface area contributed by atoms with Gasteiger partial charge >= 0.3 is 0 Å². The Balaban J connectivity index is 1.62. The summed E-state index contributed by atoms with van der Waals surface area (Å²) in [4.78, 5) is 0. The first-order valence-electron chi connectivity index (χ1n) is 13.7. The summed E-state index contributed by atoms with van der Waals surface area (Å²) in [6, 6.07) is 27.4. The highest BCUT2D eigenvalue weighted by Crippen LogP contribution is 2.57. The largest absolute Gasteiger partial charge is 0.497 e. The molecule has 0 aromatic heterocycles. The molecule has 35 heavy (non-hydrogen) atoms. The minimum atomic E-state index is -0.208. The molecule has 2 heteroatoms. The van der Waals surface area contributed by atoms with Gasteiger partial charge in [0.25, 0.3) is 0 Å². The van der Waals surface area contributed by atoms with E-state index in [-0.39, 0.29) is 7.92 Å². The fourth-order valence-electron chi connectivity index (χ4n) is 6.76. The maximum absolute atomic E-state index is 5.67. The number of hydrogen-bond donors (Lipinski definition) is 0. The molecule has 6 rings (SSSR count). The normalized spacial score (nSPS) is 17.9. The maximum atomic E-state index is 5.67. The van der Waals surface area contributed by atoms with Gasteiger partial charge in [-0.05, 0) is 87.1 Å². The molecule has 4 aromatic carbocycles. The Bertz CT molecular complexity index is 1300. The highest BCUT2D eigenvalue weighted by molar-refractivity contribution is 7.67. The van der Waals surface area contributed by atoms with Crippen LogP contribution < -0.4 is 10.0 Å². The average molecular weight is 481 g/mol. The average Bonchev–Trinajstić information content (AvgIpc) is 2.94. The lowest BCUT2D eigenvalue weighted by atomic mass is 9.93. The number of benzene rings is 4. The van der Waals surface area contributed by atoms with Crippen molar-refractivity contribution in [1.29, 1.82) is 0 Å². The summed E-state index contributed by atoms with van der Waals surface area (Å²) in [6.45, 7) is 0. The van der Waals surface area contributed by atoms with E-state index in [0.29, 0.717) is 0 Å². The van der Waals surface area contributed by atoms with Gasteiger partial charge in [0.2, 0.25) is 0 Å². The van der Waals surface area contributed by atoms with Crippen LogP contribution in [0.25, 0.3) is 32.7 Å². The van der Waals surface area contributed by atoms with Gasteiger partial charge in [-0.1, -0.05) is 107 Å². The minimum Gasteiger partial charge on any atom is -0.497 e. The zero-order chi connectivity index (χ0) is 23.6. The third-order valence-corrected chi connectivity index (χ3v) is 12.0. The highest BCUT2D eigenvalue weighted by atomic mass is 31.1. The van der Waals surface area contributed by atoms with Crippen molar-refractivity contribution in [1.82, 2.24) is 0 Å². The summed E-state index contributed by atoms with van der Waals surface area (Å²) < 4.78 is 5.67. The van der Waals surface area contributed by atoms with Crippen LogP contribution in [-0.4, -0.2) is 18.4 Å². The molecular formula is C33H37OP. The van der Waals surface area contributed by atoms with E-state index >= 15 is 0 Å². The van der Waals surface area contributed by atoms with Crippen molar-refractivity contribution in [3.05, 3.63) is 72.8 Å². The maximum Gasteiger partial charge on any atom is 0.119 e. The van der Waals surface area contributed by atoms with Crippen molar-refractivity contribution >= 4 is 34.8 Å². The van der Waals surface area contributed by atoms with Gasteiger partial charge in [0.05, 0.1) is 7.11 Å². The molecule has 1 nitrogen and oxygen atoms in total. The molecule has 0 aliphatic heterocycles. The van der Waals surface area contributed by atoms with Crippen LogP contribution in [0.3, 0.4) is 0 Å². The molecule has 4 aromatic rings. The highest BCUT2D eigenvalue weighted by Gasteiger charge is 2.34. The molecule has 0 atom stereocenters. The van der Waals surface area contributed by atoms with Crippen molar-refractivity contribution < 1.29 is 4.74 Å². The predicted octanol–water partition coefficient (Wildman–Crippen LogP) is 9.44. The summed E-state index contributed by atoms with van der Waals surface area (Å²) >= 11 is 0. The topological polar surface area (TPSA) is 9.23 Å². The van der Waals surface area contributed by atoms with Crippen LogP contribution in [0.4, 0.5) is 0 Å². The molecule has 0 amide bonds. The number of fused-ring (bicyclic) bond motifs is 2. The van der Waals surface area contributed by atoms with Crippen LogP contribution in [0, 0.1) is 0 Å². The lowest BCUT2D eigenvalue weighted by molar-refractivity contribution is 0.415. The summed E-state index contributed by atoms with van der Waals surface area (Å²) in [5.74, 6) is 0.938. The van der Waals surface area contributed by atoms with E-state index in [1.165, 1.54) is 96.9 Å². The Morgan fingerprint density at radius 3 is 1.97 bits per heavy atom. The standard InChI is InChI=1S/C33H37OP/c1-34-26-21-19-25-12-10-18-30(31(25)23-26)33-29-17-9-8-11-24(29)20-22-32(33)35(27-13-4-2-5-14-27)28-15-6-3-7-16-28/h8-12,17-23,27-28H,2-7,13-16H2,1H3.